The maximum Gasteiger partial charge on any atom is 0.254 e. The summed E-state index contributed by atoms with van der Waals surface area (Å²) in [6.45, 7) is 1.02. The molecule has 138 valence electrons. The molecule has 4 rings (SSSR count). The Balaban J connectivity index is 1.58. The van der Waals surface area contributed by atoms with Crippen molar-refractivity contribution in [3.05, 3.63) is 71.2 Å². The number of rotatable bonds is 3. The number of hydrogen-bond acceptors (Lipinski definition) is 4. The molecular formula is C21H20FN3O2. The fourth-order valence-electron chi connectivity index (χ4n) is 3.30. The average molecular weight is 365 g/mol. The molecule has 1 aliphatic heterocycles. The van der Waals surface area contributed by atoms with Gasteiger partial charge in [0, 0.05) is 49.4 Å². The van der Waals surface area contributed by atoms with Gasteiger partial charge in [0.1, 0.15) is 5.82 Å². The topological polar surface area (TPSA) is 49.6 Å². The molecule has 0 saturated carbocycles. The van der Waals surface area contributed by atoms with E-state index in [4.69, 9.17) is 4.52 Å². The van der Waals surface area contributed by atoms with E-state index in [9.17, 15) is 9.18 Å². The number of carbonyl (C=O) groups excluding carboxylic acids is 1. The number of carbonyl (C=O) groups is 1. The van der Waals surface area contributed by atoms with E-state index in [-0.39, 0.29) is 11.7 Å². The summed E-state index contributed by atoms with van der Waals surface area (Å²) < 4.78 is 18.7. The average Bonchev–Trinajstić information content (AvgIpc) is 3.11. The van der Waals surface area contributed by atoms with Crippen LogP contribution in [0.25, 0.3) is 11.3 Å². The van der Waals surface area contributed by atoms with Crippen LogP contribution in [0.2, 0.25) is 0 Å². The van der Waals surface area contributed by atoms with Gasteiger partial charge >= 0.3 is 0 Å². The Hall–Kier alpha value is -3.15. The van der Waals surface area contributed by atoms with Crippen LogP contribution in [-0.4, -0.2) is 36.6 Å². The van der Waals surface area contributed by atoms with Crippen LogP contribution in [0.5, 0.6) is 0 Å². The number of fused-ring (bicyclic) bond motifs is 1. The van der Waals surface area contributed by atoms with Crippen molar-refractivity contribution < 1.29 is 13.7 Å². The molecule has 6 heteroatoms. The summed E-state index contributed by atoms with van der Waals surface area (Å²) in [5.74, 6) is 0.285. The summed E-state index contributed by atoms with van der Waals surface area (Å²) >= 11 is 0. The van der Waals surface area contributed by atoms with E-state index in [1.165, 1.54) is 12.1 Å². The lowest BCUT2D eigenvalue weighted by molar-refractivity contribution is 0.0734. The highest BCUT2D eigenvalue weighted by atomic mass is 19.1. The third-order valence-corrected chi connectivity index (χ3v) is 4.86. The van der Waals surface area contributed by atoms with Crippen LogP contribution in [0.4, 0.5) is 10.1 Å². The van der Waals surface area contributed by atoms with E-state index in [0.29, 0.717) is 30.8 Å². The molecule has 2 heterocycles. The fraction of sp³-hybridized carbons (Fsp3) is 0.238. The van der Waals surface area contributed by atoms with Crippen LogP contribution in [-0.2, 0) is 13.0 Å². The normalized spacial score (nSPS) is 13.4. The summed E-state index contributed by atoms with van der Waals surface area (Å²) in [7, 11) is 3.93. The minimum atomic E-state index is -0.301. The molecule has 2 aromatic carbocycles. The van der Waals surface area contributed by atoms with E-state index in [1.807, 2.05) is 43.3 Å². The van der Waals surface area contributed by atoms with Gasteiger partial charge in [-0.2, -0.15) is 0 Å². The van der Waals surface area contributed by atoms with Gasteiger partial charge in [-0.25, -0.2) is 4.39 Å². The Morgan fingerprint density at radius 1 is 1.11 bits per heavy atom. The number of halogens is 1. The molecule has 0 aliphatic carbocycles. The minimum Gasteiger partial charge on any atom is -0.378 e. The molecule has 27 heavy (non-hydrogen) atoms. The molecule has 0 bridgehead atoms. The van der Waals surface area contributed by atoms with Crippen LogP contribution in [0.3, 0.4) is 0 Å². The molecule has 1 amide bonds. The molecule has 0 unspecified atom stereocenters. The highest BCUT2D eigenvalue weighted by molar-refractivity contribution is 5.94. The fourth-order valence-corrected chi connectivity index (χ4v) is 3.30. The number of anilines is 1. The molecule has 0 saturated heterocycles. The summed E-state index contributed by atoms with van der Waals surface area (Å²) in [4.78, 5) is 16.7. The maximum atomic E-state index is 13.2. The molecule has 1 aromatic heterocycles. The summed E-state index contributed by atoms with van der Waals surface area (Å²) in [5, 5.41) is 4.14. The second-order valence-electron chi connectivity index (χ2n) is 6.86. The first-order chi connectivity index (χ1) is 13.0. The van der Waals surface area contributed by atoms with Crippen LogP contribution < -0.4 is 4.90 Å². The number of amides is 1. The van der Waals surface area contributed by atoms with Gasteiger partial charge in [0.25, 0.3) is 5.91 Å². The van der Waals surface area contributed by atoms with Gasteiger partial charge in [-0.1, -0.05) is 5.16 Å². The molecule has 0 spiro atoms. The van der Waals surface area contributed by atoms with Crippen LogP contribution in [0.15, 0.2) is 53.1 Å². The molecule has 0 atom stereocenters. The summed E-state index contributed by atoms with van der Waals surface area (Å²) in [6, 6.07) is 13.7. The van der Waals surface area contributed by atoms with E-state index < -0.39 is 0 Å². The number of benzene rings is 2. The lowest BCUT2D eigenvalue weighted by Gasteiger charge is -2.26. The SMILES string of the molecule is CN(C)c1ccc(C(=O)N2CCc3noc(-c4ccc(F)cc4)c3C2)cc1. The predicted molar refractivity (Wildman–Crippen MR) is 101 cm³/mol. The molecule has 0 fully saturated rings. The molecule has 0 N–H and O–H groups in total. The van der Waals surface area contributed by atoms with E-state index in [1.54, 1.807) is 17.0 Å². The molecule has 5 nitrogen and oxygen atoms in total. The Bertz CT molecular complexity index is 962. The van der Waals surface area contributed by atoms with Crippen LogP contribution in [0, 0.1) is 5.82 Å². The van der Waals surface area contributed by atoms with Crippen LogP contribution >= 0.6 is 0 Å². The number of hydrogen-bond donors (Lipinski definition) is 0. The Labute approximate surface area is 157 Å². The third-order valence-electron chi connectivity index (χ3n) is 4.86. The zero-order valence-electron chi connectivity index (χ0n) is 15.3. The van der Waals surface area contributed by atoms with Crippen molar-refractivity contribution in [3.63, 3.8) is 0 Å². The molecule has 1 aliphatic rings. The van der Waals surface area contributed by atoms with Crippen molar-refractivity contribution in [2.24, 2.45) is 0 Å². The van der Waals surface area contributed by atoms with Crippen molar-refractivity contribution >= 4 is 11.6 Å². The monoisotopic (exact) mass is 365 g/mol. The maximum absolute atomic E-state index is 13.2. The smallest absolute Gasteiger partial charge is 0.254 e. The van der Waals surface area contributed by atoms with Gasteiger partial charge in [-0.15, -0.1) is 0 Å². The Morgan fingerprint density at radius 3 is 2.48 bits per heavy atom. The van der Waals surface area contributed by atoms with E-state index in [2.05, 4.69) is 5.16 Å². The van der Waals surface area contributed by atoms with E-state index >= 15 is 0 Å². The quantitative estimate of drug-likeness (QED) is 0.709. The number of nitrogens with zero attached hydrogens (tertiary/aromatic N) is 3. The third kappa shape index (κ3) is 3.30. The lowest BCUT2D eigenvalue weighted by atomic mass is 10.0. The second-order valence-corrected chi connectivity index (χ2v) is 6.86. The largest absolute Gasteiger partial charge is 0.378 e. The van der Waals surface area contributed by atoms with Crippen LogP contribution in [0.1, 0.15) is 21.6 Å². The van der Waals surface area contributed by atoms with E-state index in [0.717, 1.165) is 22.5 Å². The predicted octanol–water partition coefficient (Wildman–Crippen LogP) is 3.75. The van der Waals surface area contributed by atoms with Gasteiger partial charge in [-0.05, 0) is 48.5 Å². The zero-order chi connectivity index (χ0) is 19.0. The van der Waals surface area contributed by atoms with Gasteiger partial charge in [0.15, 0.2) is 5.76 Å². The summed E-state index contributed by atoms with van der Waals surface area (Å²) in [5.41, 5.74) is 4.22. The van der Waals surface area contributed by atoms with Gasteiger partial charge in [0.05, 0.1) is 12.2 Å². The highest BCUT2D eigenvalue weighted by Gasteiger charge is 2.28. The van der Waals surface area contributed by atoms with Crippen molar-refractivity contribution in [1.82, 2.24) is 10.1 Å². The molecule has 3 aromatic rings. The van der Waals surface area contributed by atoms with Crippen molar-refractivity contribution in [3.8, 4) is 11.3 Å². The standard InChI is InChI=1S/C21H20FN3O2/c1-24(2)17-9-5-15(6-10-17)21(26)25-12-11-19-18(13-25)20(27-23-19)14-3-7-16(22)8-4-14/h3-10H,11-13H2,1-2H3. The first-order valence-electron chi connectivity index (χ1n) is 8.83. The van der Waals surface area contributed by atoms with Gasteiger partial charge < -0.3 is 14.3 Å². The number of aromatic nitrogens is 1. The zero-order valence-corrected chi connectivity index (χ0v) is 15.3. The Morgan fingerprint density at radius 2 is 1.81 bits per heavy atom. The highest BCUT2D eigenvalue weighted by Crippen LogP contribution is 2.31. The minimum absolute atomic E-state index is 0.0165. The van der Waals surface area contributed by atoms with Gasteiger partial charge in [-0.3, -0.25) is 4.79 Å². The first-order valence-corrected chi connectivity index (χ1v) is 8.83. The lowest BCUT2D eigenvalue weighted by Crippen LogP contribution is -2.35. The molecule has 0 radical (unpaired) electrons. The van der Waals surface area contributed by atoms with Crippen molar-refractivity contribution in [1.29, 1.82) is 0 Å². The second kappa shape index (κ2) is 6.87. The van der Waals surface area contributed by atoms with Gasteiger partial charge in [0.2, 0.25) is 0 Å². The van der Waals surface area contributed by atoms with Crippen molar-refractivity contribution in [2.75, 3.05) is 25.5 Å². The Kier molecular flexibility index (Phi) is 4.39. The first kappa shape index (κ1) is 17.3. The van der Waals surface area contributed by atoms with Crippen molar-refractivity contribution in [2.45, 2.75) is 13.0 Å². The summed E-state index contributed by atoms with van der Waals surface area (Å²) in [6.07, 6.45) is 0.640. The molecular weight excluding hydrogens is 345 g/mol.